The molecule has 0 bridgehead atoms. The first-order chi connectivity index (χ1) is 13.0. The third-order valence-electron chi connectivity index (χ3n) is 3.68. The minimum absolute atomic E-state index is 0.104. The van der Waals surface area contributed by atoms with Gasteiger partial charge in [-0.05, 0) is 42.2 Å². The van der Waals surface area contributed by atoms with Crippen molar-refractivity contribution in [3.05, 3.63) is 74.8 Å². The Morgan fingerprint density at radius 3 is 2.85 bits per heavy atom. The molecule has 0 atom stereocenters. The van der Waals surface area contributed by atoms with E-state index in [1.165, 1.54) is 23.9 Å². The lowest BCUT2D eigenvalue weighted by Crippen LogP contribution is -2.15. The summed E-state index contributed by atoms with van der Waals surface area (Å²) in [7, 11) is 0. The zero-order chi connectivity index (χ0) is 19.4. The molecule has 3 rings (SSSR count). The average Bonchev–Trinajstić information content (AvgIpc) is 2.66. The van der Waals surface area contributed by atoms with Gasteiger partial charge < -0.3 is 9.72 Å². The van der Waals surface area contributed by atoms with E-state index in [4.69, 9.17) is 16.3 Å². The number of halogens is 2. The van der Waals surface area contributed by atoms with Gasteiger partial charge in [-0.2, -0.15) is 5.26 Å². The highest BCUT2D eigenvalue weighted by Gasteiger charge is 2.18. The number of hydrogen-bond donors (Lipinski definition) is 1. The molecule has 0 unspecified atom stereocenters. The number of hydrogen-bond acceptors (Lipinski definition) is 5. The Kier molecular flexibility index (Phi) is 5.79. The van der Waals surface area contributed by atoms with Crippen molar-refractivity contribution < 1.29 is 9.13 Å². The minimum atomic E-state index is -0.539. The number of nitriles is 1. The maximum atomic E-state index is 13.4. The number of aromatic amines is 1. The van der Waals surface area contributed by atoms with E-state index in [2.05, 4.69) is 9.97 Å². The second kappa shape index (κ2) is 8.25. The molecule has 5 nitrogen and oxygen atoms in total. The van der Waals surface area contributed by atoms with Crippen LogP contribution in [0.3, 0.4) is 0 Å². The highest BCUT2D eigenvalue weighted by atomic mass is 35.5. The van der Waals surface area contributed by atoms with Crippen LogP contribution in [0.5, 0.6) is 5.75 Å². The standard InChI is InChI=1S/C19H13ClFN3O2S/c1-27-19-23-17(15(9-22)18(25)24-19)14-8-12(20)5-6-16(14)26-10-11-3-2-4-13(21)7-11/h2-8H,10H2,1H3,(H,23,24,25). The van der Waals surface area contributed by atoms with Gasteiger partial charge in [-0.15, -0.1) is 0 Å². The van der Waals surface area contributed by atoms with Crippen molar-refractivity contribution in [2.75, 3.05) is 6.26 Å². The summed E-state index contributed by atoms with van der Waals surface area (Å²) in [6.45, 7) is 0.104. The molecule has 0 aliphatic heterocycles. The number of thioether (sulfide) groups is 1. The van der Waals surface area contributed by atoms with Gasteiger partial charge in [0.15, 0.2) is 5.16 Å². The van der Waals surface area contributed by atoms with Gasteiger partial charge in [0, 0.05) is 10.6 Å². The zero-order valence-electron chi connectivity index (χ0n) is 14.1. The first-order valence-electron chi connectivity index (χ1n) is 7.77. The molecule has 0 amide bonds. The van der Waals surface area contributed by atoms with Crippen molar-refractivity contribution >= 4 is 23.4 Å². The first-order valence-corrected chi connectivity index (χ1v) is 9.37. The van der Waals surface area contributed by atoms with Crippen LogP contribution in [0, 0.1) is 17.1 Å². The molecule has 1 aromatic heterocycles. The lowest BCUT2D eigenvalue weighted by Gasteiger charge is -2.13. The van der Waals surface area contributed by atoms with Gasteiger partial charge in [-0.25, -0.2) is 9.37 Å². The Hall–Kier alpha value is -2.82. The highest BCUT2D eigenvalue weighted by Crippen LogP contribution is 2.33. The molecule has 27 heavy (non-hydrogen) atoms. The molecule has 136 valence electrons. The van der Waals surface area contributed by atoms with Crippen molar-refractivity contribution in [1.82, 2.24) is 9.97 Å². The van der Waals surface area contributed by atoms with E-state index < -0.39 is 5.56 Å². The number of benzene rings is 2. The molecule has 0 radical (unpaired) electrons. The molecule has 0 fully saturated rings. The number of ether oxygens (including phenoxy) is 1. The van der Waals surface area contributed by atoms with Gasteiger partial charge in [0.1, 0.15) is 35.5 Å². The molecule has 3 aromatic rings. The SMILES string of the molecule is CSc1nc(-c2cc(Cl)ccc2OCc2cccc(F)c2)c(C#N)c(=O)[nH]1. The summed E-state index contributed by atoms with van der Waals surface area (Å²) in [5.74, 6) is 0.0189. The van der Waals surface area contributed by atoms with Crippen LogP contribution in [0.25, 0.3) is 11.3 Å². The van der Waals surface area contributed by atoms with E-state index in [0.717, 1.165) is 0 Å². The number of rotatable bonds is 5. The molecule has 0 aliphatic carbocycles. The summed E-state index contributed by atoms with van der Waals surface area (Å²) in [6, 6.07) is 12.7. The molecule has 2 aromatic carbocycles. The van der Waals surface area contributed by atoms with E-state index in [1.807, 2.05) is 6.07 Å². The number of H-pyrrole nitrogens is 1. The van der Waals surface area contributed by atoms with E-state index in [9.17, 15) is 14.4 Å². The fraction of sp³-hybridized carbons (Fsp3) is 0.105. The van der Waals surface area contributed by atoms with Crippen LogP contribution in [0.2, 0.25) is 5.02 Å². The van der Waals surface area contributed by atoms with Gasteiger partial charge in [-0.3, -0.25) is 4.79 Å². The van der Waals surface area contributed by atoms with Gasteiger partial charge in [0.25, 0.3) is 5.56 Å². The Balaban J connectivity index is 2.06. The zero-order valence-corrected chi connectivity index (χ0v) is 15.7. The van der Waals surface area contributed by atoms with Crippen molar-refractivity contribution in [2.45, 2.75) is 11.8 Å². The lowest BCUT2D eigenvalue weighted by molar-refractivity contribution is 0.307. The van der Waals surface area contributed by atoms with Crippen LogP contribution in [-0.4, -0.2) is 16.2 Å². The number of aromatic nitrogens is 2. The lowest BCUT2D eigenvalue weighted by atomic mass is 10.1. The van der Waals surface area contributed by atoms with Crippen molar-refractivity contribution in [3.8, 4) is 23.1 Å². The monoisotopic (exact) mass is 401 g/mol. The molecular weight excluding hydrogens is 389 g/mol. The van der Waals surface area contributed by atoms with Crippen LogP contribution in [0.1, 0.15) is 11.1 Å². The minimum Gasteiger partial charge on any atom is -0.488 e. The average molecular weight is 402 g/mol. The summed E-state index contributed by atoms with van der Waals surface area (Å²) in [6.07, 6.45) is 1.76. The maximum Gasteiger partial charge on any atom is 0.270 e. The van der Waals surface area contributed by atoms with Crippen molar-refractivity contribution in [3.63, 3.8) is 0 Å². The van der Waals surface area contributed by atoms with Crippen molar-refractivity contribution in [2.24, 2.45) is 0 Å². The van der Waals surface area contributed by atoms with Gasteiger partial charge in [-0.1, -0.05) is 35.5 Å². The third kappa shape index (κ3) is 4.30. The van der Waals surface area contributed by atoms with Crippen LogP contribution in [0.4, 0.5) is 4.39 Å². The summed E-state index contributed by atoms with van der Waals surface area (Å²) in [4.78, 5) is 19.1. The molecule has 0 aliphatic rings. The Morgan fingerprint density at radius 1 is 1.33 bits per heavy atom. The van der Waals surface area contributed by atoms with Crippen molar-refractivity contribution in [1.29, 1.82) is 5.26 Å². The summed E-state index contributed by atoms with van der Waals surface area (Å²) < 4.78 is 19.2. The summed E-state index contributed by atoms with van der Waals surface area (Å²) >= 11 is 7.35. The van der Waals surface area contributed by atoms with E-state index in [0.29, 0.717) is 27.1 Å². The first kappa shape index (κ1) is 19.0. The maximum absolute atomic E-state index is 13.4. The molecule has 8 heteroatoms. The Bertz CT molecular complexity index is 1100. The van der Waals surface area contributed by atoms with E-state index >= 15 is 0 Å². The third-order valence-corrected chi connectivity index (χ3v) is 4.50. The quantitative estimate of drug-likeness (QED) is 0.506. The van der Waals surface area contributed by atoms with Gasteiger partial charge >= 0.3 is 0 Å². The van der Waals surface area contributed by atoms with E-state index in [1.54, 1.807) is 36.6 Å². The number of nitrogens with zero attached hydrogens (tertiary/aromatic N) is 2. The van der Waals surface area contributed by atoms with Gasteiger partial charge in [0.05, 0.1) is 0 Å². The summed E-state index contributed by atoms with van der Waals surface area (Å²) in [5.41, 5.74) is 0.563. The normalized spacial score (nSPS) is 10.4. The summed E-state index contributed by atoms with van der Waals surface area (Å²) in [5, 5.41) is 10.2. The Labute approximate surface area is 163 Å². The predicted octanol–water partition coefficient (Wildman–Crippen LogP) is 4.40. The predicted molar refractivity (Wildman–Crippen MR) is 103 cm³/mol. The largest absolute Gasteiger partial charge is 0.488 e. The molecule has 1 N–H and O–H groups in total. The molecule has 1 heterocycles. The Morgan fingerprint density at radius 2 is 2.15 bits per heavy atom. The fourth-order valence-electron chi connectivity index (χ4n) is 2.45. The second-order valence-electron chi connectivity index (χ2n) is 5.47. The van der Waals surface area contributed by atoms with E-state index in [-0.39, 0.29) is 23.7 Å². The second-order valence-corrected chi connectivity index (χ2v) is 6.70. The smallest absolute Gasteiger partial charge is 0.270 e. The van der Waals surface area contributed by atoms with Crippen LogP contribution in [-0.2, 0) is 6.61 Å². The highest BCUT2D eigenvalue weighted by molar-refractivity contribution is 7.98. The molecule has 0 spiro atoms. The fourth-order valence-corrected chi connectivity index (χ4v) is 3.00. The topological polar surface area (TPSA) is 78.8 Å². The molecular formula is C19H13ClFN3O2S. The van der Waals surface area contributed by atoms with Crippen LogP contribution in [0.15, 0.2) is 52.4 Å². The number of nitrogens with one attached hydrogen (secondary N) is 1. The molecule has 0 saturated carbocycles. The molecule has 0 saturated heterocycles. The van der Waals surface area contributed by atoms with Crippen LogP contribution < -0.4 is 10.3 Å². The van der Waals surface area contributed by atoms with Gasteiger partial charge in [0.2, 0.25) is 0 Å². The van der Waals surface area contributed by atoms with Crippen LogP contribution >= 0.6 is 23.4 Å².